The molecule has 0 bridgehead atoms. The average molecular weight is 688 g/mol. The third-order valence-corrected chi connectivity index (χ3v) is 11.0. The van der Waals surface area contributed by atoms with Crippen molar-refractivity contribution in [2.75, 3.05) is 4.90 Å². The number of para-hydroxylation sites is 2. The first-order valence-corrected chi connectivity index (χ1v) is 18.5. The number of hydrogen-bond acceptors (Lipinski definition) is 2. The maximum absolute atomic E-state index is 4.49. The predicted octanol–water partition coefficient (Wildman–Crippen LogP) is 13.8. The molecule has 54 heavy (non-hydrogen) atoms. The molecule has 10 aromatic rings. The Bertz CT molecular complexity index is 2990. The zero-order valence-corrected chi connectivity index (χ0v) is 29.4. The van der Waals surface area contributed by atoms with Gasteiger partial charge < -0.3 is 9.47 Å². The first-order chi connectivity index (χ1) is 26.8. The van der Waals surface area contributed by atoms with Gasteiger partial charge in [0.15, 0.2) is 0 Å². The predicted molar refractivity (Wildman–Crippen MR) is 226 cm³/mol. The molecule has 1 aliphatic rings. The van der Waals surface area contributed by atoms with Gasteiger partial charge in [0.05, 0.1) is 22.9 Å². The van der Waals surface area contributed by atoms with Gasteiger partial charge in [0.2, 0.25) is 0 Å². The molecule has 0 saturated carbocycles. The van der Waals surface area contributed by atoms with Crippen LogP contribution >= 0.6 is 0 Å². The van der Waals surface area contributed by atoms with Crippen LogP contribution in [0, 0.1) is 0 Å². The molecule has 0 spiro atoms. The molecular formula is C51H33N3. The largest absolute Gasteiger partial charge is 0.309 e. The third-order valence-electron chi connectivity index (χ3n) is 11.0. The molecule has 2 heterocycles. The van der Waals surface area contributed by atoms with E-state index in [2.05, 4.69) is 196 Å². The molecule has 0 aliphatic heterocycles. The topological polar surface area (TPSA) is 21.1 Å². The van der Waals surface area contributed by atoms with E-state index < -0.39 is 0 Å². The van der Waals surface area contributed by atoms with Crippen molar-refractivity contribution in [2.24, 2.45) is 0 Å². The second-order valence-corrected chi connectivity index (χ2v) is 14.0. The molecule has 252 valence electrons. The summed E-state index contributed by atoms with van der Waals surface area (Å²) in [5, 5.41) is 5.14. The van der Waals surface area contributed by atoms with Gasteiger partial charge in [-0.3, -0.25) is 4.98 Å². The van der Waals surface area contributed by atoms with Crippen molar-refractivity contribution in [1.82, 2.24) is 9.55 Å². The highest BCUT2D eigenvalue weighted by atomic mass is 15.1. The molecule has 1 aliphatic carbocycles. The maximum atomic E-state index is 4.49. The third kappa shape index (κ3) is 4.72. The molecule has 0 N–H and O–H groups in total. The fraction of sp³-hybridized carbons (Fsp3) is 0. The van der Waals surface area contributed by atoms with E-state index in [1.807, 2.05) is 18.5 Å². The summed E-state index contributed by atoms with van der Waals surface area (Å²) < 4.78 is 2.36. The molecule has 3 heteroatoms. The van der Waals surface area contributed by atoms with E-state index in [9.17, 15) is 0 Å². The van der Waals surface area contributed by atoms with Crippen molar-refractivity contribution in [3.05, 3.63) is 200 Å². The van der Waals surface area contributed by atoms with E-state index in [0.717, 1.165) is 17.1 Å². The first-order valence-electron chi connectivity index (χ1n) is 18.5. The van der Waals surface area contributed by atoms with E-state index in [1.165, 1.54) is 82.8 Å². The molecule has 11 rings (SSSR count). The van der Waals surface area contributed by atoms with Crippen LogP contribution in [0.25, 0.3) is 82.8 Å². The summed E-state index contributed by atoms with van der Waals surface area (Å²) in [4.78, 5) is 6.77. The first kappa shape index (κ1) is 30.4. The number of rotatable bonds is 6. The SMILES string of the molecule is c1ccc(-n2c3ccccc3c3cc(-c4ccc(N(c5ccc(-c6ccc7c8c(cccc68)-c6ccccc6-7)cc5)c5cccnc5)cc4)ccc32)cc1. The quantitative estimate of drug-likeness (QED) is 0.173. The van der Waals surface area contributed by atoms with Crippen molar-refractivity contribution in [1.29, 1.82) is 0 Å². The molecule has 0 fully saturated rings. The zero-order valence-electron chi connectivity index (χ0n) is 29.4. The molecule has 0 unspecified atom stereocenters. The number of fused-ring (bicyclic) bond motifs is 6. The van der Waals surface area contributed by atoms with Crippen molar-refractivity contribution in [3.8, 4) is 50.2 Å². The monoisotopic (exact) mass is 687 g/mol. The highest BCUT2D eigenvalue weighted by Crippen LogP contribution is 2.49. The van der Waals surface area contributed by atoms with E-state index in [0.29, 0.717) is 0 Å². The van der Waals surface area contributed by atoms with Gasteiger partial charge in [0.25, 0.3) is 0 Å². The minimum Gasteiger partial charge on any atom is -0.309 e. The van der Waals surface area contributed by atoms with Crippen LogP contribution < -0.4 is 4.90 Å². The summed E-state index contributed by atoms with van der Waals surface area (Å²) in [6.45, 7) is 0. The van der Waals surface area contributed by atoms with Gasteiger partial charge in [-0.15, -0.1) is 0 Å². The lowest BCUT2D eigenvalue weighted by Crippen LogP contribution is -2.10. The van der Waals surface area contributed by atoms with E-state index >= 15 is 0 Å². The molecule has 0 amide bonds. The van der Waals surface area contributed by atoms with Gasteiger partial charge in [0.1, 0.15) is 0 Å². The van der Waals surface area contributed by atoms with Crippen LogP contribution in [0.4, 0.5) is 17.1 Å². The molecule has 0 atom stereocenters. The fourth-order valence-electron chi connectivity index (χ4n) is 8.59. The van der Waals surface area contributed by atoms with Crippen LogP contribution in [0.5, 0.6) is 0 Å². The van der Waals surface area contributed by atoms with Crippen molar-refractivity contribution in [2.45, 2.75) is 0 Å². The van der Waals surface area contributed by atoms with Crippen molar-refractivity contribution >= 4 is 49.6 Å². The normalized spacial score (nSPS) is 11.7. The Morgan fingerprint density at radius 1 is 0.370 bits per heavy atom. The maximum Gasteiger partial charge on any atom is 0.0644 e. The second-order valence-electron chi connectivity index (χ2n) is 14.0. The van der Waals surface area contributed by atoms with Gasteiger partial charge in [0, 0.05) is 34.0 Å². The number of aromatic nitrogens is 2. The Balaban J connectivity index is 0.959. The van der Waals surface area contributed by atoms with Crippen LogP contribution in [-0.4, -0.2) is 9.55 Å². The Morgan fingerprint density at radius 2 is 0.981 bits per heavy atom. The van der Waals surface area contributed by atoms with Gasteiger partial charge >= 0.3 is 0 Å². The fourth-order valence-corrected chi connectivity index (χ4v) is 8.59. The van der Waals surface area contributed by atoms with E-state index in [4.69, 9.17) is 0 Å². The van der Waals surface area contributed by atoms with Gasteiger partial charge in [-0.05, 0) is 122 Å². The average Bonchev–Trinajstić information content (AvgIpc) is 3.76. The number of pyridine rings is 1. The van der Waals surface area contributed by atoms with Crippen LogP contribution in [0.15, 0.2) is 200 Å². The number of anilines is 3. The zero-order chi connectivity index (χ0) is 35.6. The van der Waals surface area contributed by atoms with Crippen LogP contribution in [0.2, 0.25) is 0 Å². The molecule has 8 aromatic carbocycles. The number of benzene rings is 8. The van der Waals surface area contributed by atoms with E-state index in [-0.39, 0.29) is 0 Å². The van der Waals surface area contributed by atoms with Crippen LogP contribution in [0.1, 0.15) is 0 Å². The lowest BCUT2D eigenvalue weighted by atomic mass is 9.94. The Labute approximate surface area is 313 Å². The Hall–Kier alpha value is -7.23. The highest BCUT2D eigenvalue weighted by molar-refractivity contribution is 6.18. The van der Waals surface area contributed by atoms with Crippen LogP contribution in [-0.2, 0) is 0 Å². The van der Waals surface area contributed by atoms with E-state index in [1.54, 1.807) is 0 Å². The minimum absolute atomic E-state index is 1.01. The smallest absolute Gasteiger partial charge is 0.0644 e. The summed E-state index contributed by atoms with van der Waals surface area (Å²) in [7, 11) is 0. The lowest BCUT2D eigenvalue weighted by molar-refractivity contribution is 1.18. The standard InChI is InChI=1S/C51H33N3/c1-2-10-37(11-3-1)54-49-18-7-6-15-44(49)48-32-36(23-30-50(48)54)34-19-24-38(25-20-34)53(40-12-9-31-52-33-40)39-26-21-35(22-27-39)41-28-29-47-43-14-5-4-13-42(43)46-17-8-16-45(41)51(46)47/h1-33H. The summed E-state index contributed by atoms with van der Waals surface area (Å²) in [6.07, 6.45) is 3.76. The molecular weight excluding hydrogens is 655 g/mol. The van der Waals surface area contributed by atoms with Crippen molar-refractivity contribution < 1.29 is 0 Å². The van der Waals surface area contributed by atoms with Gasteiger partial charge in [-0.25, -0.2) is 0 Å². The molecule has 0 radical (unpaired) electrons. The van der Waals surface area contributed by atoms with Crippen LogP contribution in [0.3, 0.4) is 0 Å². The highest BCUT2D eigenvalue weighted by Gasteiger charge is 2.22. The number of nitrogens with zero attached hydrogens (tertiary/aromatic N) is 3. The lowest BCUT2D eigenvalue weighted by Gasteiger charge is -2.25. The molecule has 3 nitrogen and oxygen atoms in total. The summed E-state index contributed by atoms with van der Waals surface area (Å²) >= 11 is 0. The summed E-state index contributed by atoms with van der Waals surface area (Å²) in [5.74, 6) is 0. The Morgan fingerprint density at radius 3 is 1.74 bits per heavy atom. The Kier molecular flexibility index (Phi) is 6.86. The molecule has 0 saturated heterocycles. The van der Waals surface area contributed by atoms with Gasteiger partial charge in [-0.1, -0.05) is 121 Å². The minimum atomic E-state index is 1.01. The number of hydrogen-bond donors (Lipinski definition) is 0. The molecule has 2 aromatic heterocycles. The van der Waals surface area contributed by atoms with Crippen molar-refractivity contribution in [3.63, 3.8) is 0 Å². The van der Waals surface area contributed by atoms with Gasteiger partial charge in [-0.2, -0.15) is 0 Å². The summed E-state index contributed by atoms with van der Waals surface area (Å²) in [5.41, 5.74) is 16.8. The summed E-state index contributed by atoms with van der Waals surface area (Å²) in [6, 6.07) is 68.1. The second kappa shape index (κ2) is 12.2.